The van der Waals surface area contributed by atoms with Gasteiger partial charge in [-0.15, -0.1) is 12.8 Å². The molecule has 0 heterocycles. The molecule has 0 unspecified atom stereocenters. The minimum absolute atomic E-state index is 0.218. The van der Waals surface area contributed by atoms with Gasteiger partial charge in [0, 0.05) is 5.39 Å². The summed E-state index contributed by atoms with van der Waals surface area (Å²) >= 11 is 5.86. The van der Waals surface area contributed by atoms with Gasteiger partial charge in [-0.25, -0.2) is 4.39 Å². The average Bonchev–Trinajstić information content (AvgIpc) is 2.39. The molecule has 0 aliphatic carbocycles. The van der Waals surface area contributed by atoms with Crippen LogP contribution in [0, 0.1) is 25.6 Å². The van der Waals surface area contributed by atoms with Crippen molar-refractivity contribution < 1.29 is 4.39 Å². The normalized spacial score (nSPS) is 8.65. The predicted molar refractivity (Wildman–Crippen MR) is 74.9 cm³/mol. The Morgan fingerprint density at radius 2 is 1.65 bits per heavy atom. The number of hydrogen-bond donors (Lipinski definition) is 0. The number of rotatable bonds is 0. The molecule has 2 aromatic rings. The van der Waals surface area contributed by atoms with Gasteiger partial charge in [0.1, 0.15) is 5.82 Å². The summed E-state index contributed by atoms with van der Waals surface area (Å²) in [6.45, 7) is 5.92. The summed E-state index contributed by atoms with van der Waals surface area (Å²) in [7, 11) is 0. The average molecular weight is 251 g/mol. The van der Waals surface area contributed by atoms with Crippen LogP contribution in [0.1, 0.15) is 19.4 Å². The Kier molecular flexibility index (Phi) is 7.02. The fourth-order valence-corrected chi connectivity index (χ4v) is 1.81. The molecule has 0 aliphatic heterocycles. The lowest BCUT2D eigenvalue weighted by molar-refractivity contribution is 0.630. The van der Waals surface area contributed by atoms with Gasteiger partial charge in [-0.3, -0.25) is 0 Å². The molecule has 0 nitrogen and oxygen atoms in total. The highest BCUT2D eigenvalue weighted by atomic mass is 35.5. The molecule has 2 heteroatoms. The fraction of sp³-hybridized carbons (Fsp3) is 0.200. The Labute approximate surface area is 107 Å². The summed E-state index contributed by atoms with van der Waals surface area (Å²) in [6, 6.07) is 8.92. The highest BCUT2D eigenvalue weighted by molar-refractivity contribution is 6.35. The van der Waals surface area contributed by atoms with Crippen LogP contribution in [0.25, 0.3) is 10.8 Å². The molecule has 90 valence electrons. The topological polar surface area (TPSA) is 0 Å². The van der Waals surface area contributed by atoms with Crippen LogP contribution in [0.4, 0.5) is 4.39 Å². The Bertz CT molecular complexity index is 501. The first-order chi connectivity index (χ1) is 8.20. The van der Waals surface area contributed by atoms with Crippen LogP contribution in [0.5, 0.6) is 0 Å². The zero-order valence-corrected chi connectivity index (χ0v) is 11.1. The minimum atomic E-state index is -0.358. The monoisotopic (exact) mass is 250 g/mol. The van der Waals surface area contributed by atoms with Gasteiger partial charge in [-0.2, -0.15) is 0 Å². The second kappa shape index (κ2) is 7.70. The molecule has 0 fully saturated rings. The lowest BCUT2D eigenvalue weighted by atomic mass is 10.1. The molecule has 0 amide bonds. The summed E-state index contributed by atoms with van der Waals surface area (Å²) in [6.07, 6.45) is 8.00. The van der Waals surface area contributed by atoms with Crippen LogP contribution in [0.15, 0.2) is 30.3 Å². The van der Waals surface area contributed by atoms with Gasteiger partial charge in [-0.05, 0) is 23.9 Å². The third-order valence-electron chi connectivity index (χ3n) is 2.14. The van der Waals surface area contributed by atoms with E-state index in [-0.39, 0.29) is 10.8 Å². The van der Waals surface area contributed by atoms with Crippen molar-refractivity contribution in [2.45, 2.75) is 20.8 Å². The molecule has 0 N–H and O–H groups in total. The van der Waals surface area contributed by atoms with E-state index in [0.717, 1.165) is 16.3 Å². The lowest BCUT2D eigenvalue weighted by Gasteiger charge is -2.04. The van der Waals surface area contributed by atoms with Gasteiger partial charge in [0.25, 0.3) is 0 Å². The van der Waals surface area contributed by atoms with Crippen LogP contribution in [0.2, 0.25) is 5.02 Å². The first-order valence-corrected chi connectivity index (χ1v) is 5.74. The number of fused-ring (bicyclic) bond motifs is 1. The van der Waals surface area contributed by atoms with Crippen molar-refractivity contribution in [3.05, 3.63) is 46.7 Å². The van der Waals surface area contributed by atoms with Crippen LogP contribution >= 0.6 is 11.6 Å². The quantitative estimate of drug-likeness (QED) is 0.563. The number of benzene rings is 2. The second-order valence-electron chi connectivity index (χ2n) is 3.03. The highest BCUT2D eigenvalue weighted by Gasteiger charge is 2.06. The van der Waals surface area contributed by atoms with Crippen molar-refractivity contribution in [2.24, 2.45) is 0 Å². The Morgan fingerprint density at radius 1 is 1.06 bits per heavy atom. The lowest BCUT2D eigenvalue weighted by Crippen LogP contribution is -1.83. The largest absolute Gasteiger partial charge is 0.205 e. The zero-order valence-electron chi connectivity index (χ0n) is 10.3. The summed E-state index contributed by atoms with van der Waals surface area (Å²) in [5, 5.41) is 2.01. The first kappa shape index (κ1) is 15.5. The van der Waals surface area contributed by atoms with E-state index in [4.69, 9.17) is 11.6 Å². The molecular weight excluding hydrogens is 235 g/mol. The van der Waals surface area contributed by atoms with Gasteiger partial charge in [0.15, 0.2) is 0 Å². The van der Waals surface area contributed by atoms with E-state index in [2.05, 4.69) is 12.8 Å². The van der Waals surface area contributed by atoms with Gasteiger partial charge >= 0.3 is 0 Å². The maximum atomic E-state index is 13.1. The van der Waals surface area contributed by atoms with E-state index in [1.807, 2.05) is 39.0 Å². The third-order valence-corrected chi connectivity index (χ3v) is 2.51. The Hall–Kier alpha value is -1.52. The van der Waals surface area contributed by atoms with Crippen molar-refractivity contribution in [2.75, 3.05) is 0 Å². The van der Waals surface area contributed by atoms with Crippen molar-refractivity contribution in [3.63, 3.8) is 0 Å². The van der Waals surface area contributed by atoms with Gasteiger partial charge < -0.3 is 0 Å². The van der Waals surface area contributed by atoms with E-state index >= 15 is 0 Å². The Morgan fingerprint density at radius 3 is 2.24 bits per heavy atom. The smallest absolute Gasteiger partial charge is 0.142 e. The molecule has 0 bridgehead atoms. The highest BCUT2D eigenvalue weighted by Crippen LogP contribution is 2.28. The van der Waals surface area contributed by atoms with Crippen molar-refractivity contribution in [1.82, 2.24) is 0 Å². The number of terminal acetylenes is 1. The maximum Gasteiger partial charge on any atom is 0.142 e. The van der Waals surface area contributed by atoms with Crippen LogP contribution < -0.4 is 0 Å². The summed E-state index contributed by atoms with van der Waals surface area (Å²) in [5.41, 5.74) is 1.00. The SMILES string of the molecule is C#C.CC.Cc1cccc2ccc(F)c(Cl)c12. The molecule has 0 spiro atoms. The van der Waals surface area contributed by atoms with Crippen molar-refractivity contribution in [3.8, 4) is 12.8 Å². The summed E-state index contributed by atoms with van der Waals surface area (Å²) in [4.78, 5) is 0. The molecule has 2 aromatic carbocycles. The molecule has 0 saturated carbocycles. The van der Waals surface area contributed by atoms with E-state index in [1.165, 1.54) is 6.07 Å². The van der Waals surface area contributed by atoms with Crippen LogP contribution in [-0.4, -0.2) is 0 Å². The van der Waals surface area contributed by atoms with Gasteiger partial charge in [-0.1, -0.05) is 49.7 Å². The molecule has 17 heavy (non-hydrogen) atoms. The molecule has 0 aliphatic rings. The third kappa shape index (κ3) is 3.47. The van der Waals surface area contributed by atoms with Crippen molar-refractivity contribution in [1.29, 1.82) is 0 Å². The van der Waals surface area contributed by atoms with Crippen LogP contribution in [0.3, 0.4) is 0 Å². The van der Waals surface area contributed by atoms with E-state index in [9.17, 15) is 4.39 Å². The number of aryl methyl sites for hydroxylation is 1. The number of hydrogen-bond acceptors (Lipinski definition) is 0. The zero-order chi connectivity index (χ0) is 13.4. The summed E-state index contributed by atoms with van der Waals surface area (Å²) in [5.74, 6) is -0.358. The van der Waals surface area contributed by atoms with Gasteiger partial charge in [0.2, 0.25) is 0 Å². The Balaban J connectivity index is 0.000000581. The van der Waals surface area contributed by atoms with Crippen LogP contribution in [-0.2, 0) is 0 Å². The maximum absolute atomic E-state index is 13.1. The molecule has 0 radical (unpaired) electrons. The van der Waals surface area contributed by atoms with E-state index in [0.29, 0.717) is 0 Å². The predicted octanol–water partition coefficient (Wildman–Crippen LogP) is 5.22. The molecular formula is C15H16ClF. The number of halogens is 2. The summed E-state index contributed by atoms with van der Waals surface area (Å²) < 4.78 is 13.1. The second-order valence-corrected chi connectivity index (χ2v) is 3.41. The first-order valence-electron chi connectivity index (χ1n) is 5.37. The van der Waals surface area contributed by atoms with Gasteiger partial charge in [0.05, 0.1) is 5.02 Å². The van der Waals surface area contributed by atoms with Crippen molar-refractivity contribution >= 4 is 22.4 Å². The standard InChI is InChI=1S/C11H8ClF.C2H6.C2H2/c1-7-3-2-4-8-5-6-9(13)11(12)10(7)8;2*1-2/h2-6H,1H3;1-2H3;1-2H. The molecule has 0 atom stereocenters. The molecule has 0 aromatic heterocycles. The fourth-order valence-electron chi connectivity index (χ4n) is 1.48. The molecule has 0 saturated heterocycles. The van der Waals surface area contributed by atoms with E-state index < -0.39 is 0 Å². The molecule has 2 rings (SSSR count). The minimum Gasteiger partial charge on any atom is -0.205 e. The van der Waals surface area contributed by atoms with E-state index in [1.54, 1.807) is 6.07 Å².